The van der Waals surface area contributed by atoms with Gasteiger partial charge in [0.15, 0.2) is 5.78 Å². The molecule has 0 unspecified atom stereocenters. The van der Waals surface area contributed by atoms with Crippen LogP contribution < -0.4 is 0 Å². The van der Waals surface area contributed by atoms with Crippen molar-refractivity contribution in [1.29, 1.82) is 0 Å². The summed E-state index contributed by atoms with van der Waals surface area (Å²) in [6, 6.07) is 4.38. The highest BCUT2D eigenvalue weighted by Crippen LogP contribution is 2.02. The summed E-state index contributed by atoms with van der Waals surface area (Å²) in [5.41, 5.74) is 0.113. The van der Waals surface area contributed by atoms with Gasteiger partial charge in [0, 0.05) is 6.42 Å². The summed E-state index contributed by atoms with van der Waals surface area (Å²) in [6.45, 7) is 1.71. The van der Waals surface area contributed by atoms with Gasteiger partial charge in [-0.3, -0.25) is 4.79 Å². The lowest BCUT2D eigenvalue weighted by Gasteiger charge is -1.97. The second-order valence-electron chi connectivity index (χ2n) is 2.49. The van der Waals surface area contributed by atoms with Crippen LogP contribution in [-0.4, -0.2) is 21.8 Å². The standard InChI is InChI=1S/C9H9NO3/c1-2-8(11)6-4-3-5-7(10-6)9(12)13/h3-5H,2H2,1H3,(H,12,13). The van der Waals surface area contributed by atoms with E-state index >= 15 is 0 Å². The molecule has 0 saturated heterocycles. The van der Waals surface area contributed by atoms with Crippen LogP contribution in [0.25, 0.3) is 0 Å². The molecular weight excluding hydrogens is 170 g/mol. The second-order valence-corrected chi connectivity index (χ2v) is 2.49. The van der Waals surface area contributed by atoms with Gasteiger partial charge in [-0.1, -0.05) is 13.0 Å². The summed E-state index contributed by atoms with van der Waals surface area (Å²) in [5, 5.41) is 8.59. The monoisotopic (exact) mass is 179 g/mol. The summed E-state index contributed by atoms with van der Waals surface area (Å²) >= 11 is 0. The Morgan fingerprint density at radius 2 is 2.00 bits per heavy atom. The maximum Gasteiger partial charge on any atom is 0.354 e. The summed E-state index contributed by atoms with van der Waals surface area (Å²) in [4.78, 5) is 25.3. The summed E-state index contributed by atoms with van der Waals surface area (Å²) in [5.74, 6) is -1.27. The lowest BCUT2D eigenvalue weighted by molar-refractivity contribution is 0.0690. The molecule has 4 nitrogen and oxygen atoms in total. The van der Waals surface area contributed by atoms with Crippen LogP contribution in [0.1, 0.15) is 34.3 Å². The van der Waals surface area contributed by atoms with E-state index in [0.717, 1.165) is 0 Å². The molecule has 0 atom stereocenters. The molecule has 1 rings (SSSR count). The van der Waals surface area contributed by atoms with Gasteiger partial charge in [0.2, 0.25) is 0 Å². The molecule has 0 fully saturated rings. The summed E-state index contributed by atoms with van der Waals surface area (Å²) < 4.78 is 0. The fourth-order valence-electron chi connectivity index (χ4n) is 0.890. The number of hydrogen-bond donors (Lipinski definition) is 1. The van der Waals surface area contributed by atoms with E-state index in [-0.39, 0.29) is 17.2 Å². The molecule has 0 bridgehead atoms. The molecule has 0 amide bonds. The van der Waals surface area contributed by atoms with E-state index in [0.29, 0.717) is 6.42 Å². The van der Waals surface area contributed by atoms with Crippen molar-refractivity contribution in [3.05, 3.63) is 29.6 Å². The molecule has 68 valence electrons. The van der Waals surface area contributed by atoms with E-state index in [1.807, 2.05) is 0 Å². The number of carbonyl (C=O) groups is 2. The van der Waals surface area contributed by atoms with Gasteiger partial charge in [-0.2, -0.15) is 0 Å². The van der Waals surface area contributed by atoms with Gasteiger partial charge in [0.25, 0.3) is 0 Å². The Labute approximate surface area is 75.2 Å². The maximum absolute atomic E-state index is 11.1. The fourth-order valence-corrected chi connectivity index (χ4v) is 0.890. The Kier molecular flexibility index (Phi) is 2.74. The largest absolute Gasteiger partial charge is 0.477 e. The highest BCUT2D eigenvalue weighted by molar-refractivity contribution is 5.95. The number of hydrogen-bond acceptors (Lipinski definition) is 3. The van der Waals surface area contributed by atoms with Gasteiger partial charge in [0.05, 0.1) is 0 Å². The Morgan fingerprint density at radius 3 is 2.54 bits per heavy atom. The first kappa shape index (κ1) is 9.38. The van der Waals surface area contributed by atoms with E-state index in [2.05, 4.69) is 4.98 Å². The molecule has 0 aromatic carbocycles. The van der Waals surface area contributed by atoms with Gasteiger partial charge >= 0.3 is 5.97 Å². The minimum absolute atomic E-state index is 0.0979. The van der Waals surface area contributed by atoms with Crippen LogP contribution in [0.15, 0.2) is 18.2 Å². The predicted octanol–water partition coefficient (Wildman–Crippen LogP) is 1.37. The third-order valence-electron chi connectivity index (χ3n) is 1.58. The number of carboxylic acids is 1. The van der Waals surface area contributed by atoms with Gasteiger partial charge in [-0.25, -0.2) is 9.78 Å². The molecule has 13 heavy (non-hydrogen) atoms. The van der Waals surface area contributed by atoms with Gasteiger partial charge in [-0.05, 0) is 12.1 Å². The maximum atomic E-state index is 11.1. The summed E-state index contributed by atoms with van der Waals surface area (Å²) in [6.07, 6.45) is 0.329. The molecule has 0 aliphatic rings. The zero-order chi connectivity index (χ0) is 9.84. The Morgan fingerprint density at radius 1 is 1.38 bits per heavy atom. The number of pyridine rings is 1. The van der Waals surface area contributed by atoms with Gasteiger partial charge in [0.1, 0.15) is 11.4 Å². The second kappa shape index (κ2) is 3.80. The van der Waals surface area contributed by atoms with E-state index in [1.54, 1.807) is 6.92 Å². The van der Waals surface area contributed by atoms with Crippen molar-refractivity contribution in [3.8, 4) is 0 Å². The van der Waals surface area contributed by atoms with Gasteiger partial charge in [-0.15, -0.1) is 0 Å². The van der Waals surface area contributed by atoms with Crippen molar-refractivity contribution >= 4 is 11.8 Å². The first-order chi connectivity index (χ1) is 6.15. The quantitative estimate of drug-likeness (QED) is 0.711. The Bertz CT molecular complexity index is 346. The number of carboxylic acid groups (broad SMARTS) is 1. The molecular formula is C9H9NO3. The van der Waals surface area contributed by atoms with Crippen molar-refractivity contribution in [2.24, 2.45) is 0 Å². The zero-order valence-electron chi connectivity index (χ0n) is 7.15. The number of aromatic nitrogens is 1. The highest BCUT2D eigenvalue weighted by Gasteiger charge is 2.08. The van der Waals surface area contributed by atoms with Crippen molar-refractivity contribution in [3.63, 3.8) is 0 Å². The first-order valence-corrected chi connectivity index (χ1v) is 3.88. The minimum atomic E-state index is -1.12. The number of nitrogens with zero attached hydrogens (tertiary/aromatic N) is 1. The summed E-state index contributed by atoms with van der Waals surface area (Å²) in [7, 11) is 0. The normalized spacial score (nSPS) is 9.62. The number of aromatic carboxylic acids is 1. The molecule has 0 radical (unpaired) electrons. The van der Waals surface area contributed by atoms with Crippen LogP contribution in [0.5, 0.6) is 0 Å². The van der Waals surface area contributed by atoms with Gasteiger partial charge < -0.3 is 5.11 Å². The van der Waals surface area contributed by atoms with Crippen molar-refractivity contribution in [1.82, 2.24) is 4.98 Å². The molecule has 0 saturated carbocycles. The third kappa shape index (κ3) is 2.11. The molecule has 0 aliphatic carbocycles. The fraction of sp³-hybridized carbons (Fsp3) is 0.222. The van der Waals surface area contributed by atoms with Crippen LogP contribution in [0.4, 0.5) is 0 Å². The molecule has 0 spiro atoms. The third-order valence-corrected chi connectivity index (χ3v) is 1.58. The predicted molar refractivity (Wildman–Crippen MR) is 45.8 cm³/mol. The first-order valence-electron chi connectivity index (χ1n) is 3.88. The topological polar surface area (TPSA) is 67.3 Å². The average Bonchev–Trinajstić information content (AvgIpc) is 2.17. The van der Waals surface area contributed by atoms with E-state index < -0.39 is 5.97 Å². The molecule has 0 aliphatic heterocycles. The van der Waals surface area contributed by atoms with Crippen molar-refractivity contribution < 1.29 is 14.7 Å². The van der Waals surface area contributed by atoms with Crippen molar-refractivity contribution in [2.45, 2.75) is 13.3 Å². The Balaban J connectivity index is 3.05. The lowest BCUT2D eigenvalue weighted by Crippen LogP contribution is -2.06. The van der Waals surface area contributed by atoms with Crippen LogP contribution >= 0.6 is 0 Å². The molecule has 4 heteroatoms. The molecule has 1 heterocycles. The van der Waals surface area contributed by atoms with E-state index in [1.165, 1.54) is 18.2 Å². The van der Waals surface area contributed by atoms with Crippen molar-refractivity contribution in [2.75, 3.05) is 0 Å². The number of ketones is 1. The van der Waals surface area contributed by atoms with Crippen LogP contribution in [0.3, 0.4) is 0 Å². The average molecular weight is 179 g/mol. The molecule has 1 N–H and O–H groups in total. The van der Waals surface area contributed by atoms with E-state index in [4.69, 9.17) is 5.11 Å². The zero-order valence-corrected chi connectivity index (χ0v) is 7.15. The SMILES string of the molecule is CCC(=O)c1cccc(C(=O)O)n1. The smallest absolute Gasteiger partial charge is 0.354 e. The van der Waals surface area contributed by atoms with E-state index in [9.17, 15) is 9.59 Å². The number of rotatable bonds is 3. The Hall–Kier alpha value is -1.71. The van der Waals surface area contributed by atoms with Crippen LogP contribution in [0, 0.1) is 0 Å². The number of Topliss-reactive ketones (excluding diaryl/α,β-unsaturated/α-hetero) is 1. The van der Waals surface area contributed by atoms with Crippen LogP contribution in [-0.2, 0) is 0 Å². The minimum Gasteiger partial charge on any atom is -0.477 e. The lowest BCUT2D eigenvalue weighted by atomic mass is 10.2. The molecule has 1 aromatic heterocycles. The van der Waals surface area contributed by atoms with Crippen LogP contribution in [0.2, 0.25) is 0 Å². The highest BCUT2D eigenvalue weighted by atomic mass is 16.4. The number of carbonyl (C=O) groups excluding carboxylic acids is 1. The molecule has 1 aromatic rings.